The first-order valence-corrected chi connectivity index (χ1v) is 11.0. The number of hydrogen-bond acceptors (Lipinski definition) is 5. The molecule has 0 unspecified atom stereocenters. The third-order valence-corrected chi connectivity index (χ3v) is 6.65. The molecule has 3 heterocycles. The van der Waals surface area contributed by atoms with E-state index in [9.17, 15) is 18.0 Å². The van der Waals surface area contributed by atoms with E-state index in [2.05, 4.69) is 14.9 Å². The summed E-state index contributed by atoms with van der Waals surface area (Å²) in [7, 11) is 0. The molecular formula is C22H22ClF3N4O2. The van der Waals surface area contributed by atoms with Crippen LogP contribution in [0.5, 0.6) is 5.88 Å². The highest BCUT2D eigenvalue weighted by Gasteiger charge is 2.39. The van der Waals surface area contributed by atoms with Crippen molar-refractivity contribution in [2.24, 2.45) is 0 Å². The zero-order valence-corrected chi connectivity index (χ0v) is 17.9. The Bertz CT molecular complexity index is 1010. The number of rotatable bonds is 4. The minimum atomic E-state index is -4.53. The van der Waals surface area contributed by atoms with Crippen LogP contribution in [-0.4, -0.2) is 64.0 Å². The largest absolute Gasteiger partial charge is 0.472 e. The number of carbonyl (C=O) groups is 1. The standard InChI is InChI=1S/C22H22ClF3N4O2/c23-18-4-3-14(22(24,25)26)7-17(18)21(31)30-6-5-29-12-16(8-15(29)11-30)32-20-10-27-19(9-28-20)13-1-2-13/h3-4,7,9-10,13,15-16H,1-2,5-6,8,11-12H2/t15-,16+/m0/s1. The lowest BCUT2D eigenvalue weighted by Gasteiger charge is -2.37. The van der Waals surface area contributed by atoms with Gasteiger partial charge >= 0.3 is 6.18 Å². The fourth-order valence-electron chi connectivity index (χ4n) is 4.45. The predicted molar refractivity (Wildman–Crippen MR) is 111 cm³/mol. The van der Waals surface area contributed by atoms with Crippen LogP contribution < -0.4 is 4.74 Å². The highest BCUT2D eigenvalue weighted by atomic mass is 35.5. The van der Waals surface area contributed by atoms with E-state index in [0.717, 1.165) is 36.7 Å². The molecule has 170 valence electrons. The fraction of sp³-hybridized carbons (Fsp3) is 0.500. The van der Waals surface area contributed by atoms with Gasteiger partial charge in [-0.15, -0.1) is 0 Å². The summed E-state index contributed by atoms with van der Waals surface area (Å²) in [4.78, 5) is 25.6. The van der Waals surface area contributed by atoms with Crippen LogP contribution in [0.4, 0.5) is 13.2 Å². The Kier molecular flexibility index (Phi) is 5.49. The second kappa shape index (κ2) is 8.19. The number of alkyl halides is 3. The summed E-state index contributed by atoms with van der Waals surface area (Å²) in [6.45, 7) is 2.17. The van der Waals surface area contributed by atoms with Gasteiger partial charge in [-0.3, -0.25) is 14.7 Å². The predicted octanol–water partition coefficient (Wildman–Crippen LogP) is 4.00. The van der Waals surface area contributed by atoms with E-state index in [1.807, 2.05) is 0 Å². The first-order valence-electron chi connectivity index (χ1n) is 10.7. The zero-order valence-electron chi connectivity index (χ0n) is 17.2. The lowest BCUT2D eigenvalue weighted by Crippen LogP contribution is -2.52. The first kappa shape index (κ1) is 21.5. The third-order valence-electron chi connectivity index (χ3n) is 6.32. The SMILES string of the molecule is O=C(c1cc(C(F)(F)F)ccc1Cl)N1CCN2C[C@H](Oc3cnc(C4CC4)cn3)C[C@H]2C1. The van der Waals surface area contributed by atoms with Crippen LogP contribution in [-0.2, 0) is 6.18 Å². The first-order chi connectivity index (χ1) is 15.3. The molecule has 10 heteroatoms. The molecule has 6 nitrogen and oxygen atoms in total. The van der Waals surface area contributed by atoms with Crippen molar-refractivity contribution in [3.05, 3.63) is 52.4 Å². The van der Waals surface area contributed by atoms with E-state index in [0.29, 0.717) is 44.4 Å². The van der Waals surface area contributed by atoms with E-state index >= 15 is 0 Å². The number of hydrogen-bond donors (Lipinski definition) is 0. The highest BCUT2D eigenvalue weighted by Crippen LogP contribution is 2.39. The van der Waals surface area contributed by atoms with Crippen LogP contribution >= 0.6 is 11.6 Å². The Balaban J connectivity index is 1.22. The van der Waals surface area contributed by atoms with Gasteiger partial charge in [0.1, 0.15) is 6.10 Å². The molecule has 3 aliphatic rings. The summed E-state index contributed by atoms with van der Waals surface area (Å²) in [5.41, 5.74) is 0.00222. The van der Waals surface area contributed by atoms with Gasteiger partial charge in [-0.2, -0.15) is 13.2 Å². The maximum atomic E-state index is 13.1. The molecule has 0 radical (unpaired) electrons. The normalized spacial score (nSPS) is 23.8. The van der Waals surface area contributed by atoms with Crippen LogP contribution in [0.3, 0.4) is 0 Å². The molecule has 2 saturated heterocycles. The van der Waals surface area contributed by atoms with Gasteiger partial charge in [-0.1, -0.05) is 11.6 Å². The molecule has 1 aliphatic carbocycles. The van der Waals surface area contributed by atoms with Crippen molar-refractivity contribution in [1.29, 1.82) is 0 Å². The maximum absolute atomic E-state index is 13.1. The molecule has 1 aromatic carbocycles. The quantitative estimate of drug-likeness (QED) is 0.681. The number of nitrogens with zero attached hydrogens (tertiary/aromatic N) is 4. The van der Waals surface area contributed by atoms with Gasteiger partial charge in [-0.05, 0) is 31.0 Å². The number of halogens is 4. The Hall–Kier alpha value is -2.39. The molecule has 2 atom stereocenters. The maximum Gasteiger partial charge on any atom is 0.416 e. The number of piperazine rings is 1. The molecule has 0 N–H and O–H groups in total. The molecule has 32 heavy (non-hydrogen) atoms. The van der Waals surface area contributed by atoms with Gasteiger partial charge in [-0.25, -0.2) is 4.98 Å². The van der Waals surface area contributed by atoms with Gasteiger partial charge in [0.25, 0.3) is 5.91 Å². The monoisotopic (exact) mass is 466 g/mol. The molecule has 1 aromatic heterocycles. The van der Waals surface area contributed by atoms with Crippen molar-refractivity contribution >= 4 is 17.5 Å². The zero-order chi connectivity index (χ0) is 22.5. The van der Waals surface area contributed by atoms with E-state index < -0.39 is 17.6 Å². The van der Waals surface area contributed by atoms with E-state index in [4.69, 9.17) is 16.3 Å². The molecule has 0 bridgehead atoms. The number of benzene rings is 1. The molecule has 1 saturated carbocycles. The van der Waals surface area contributed by atoms with Crippen LogP contribution in [0.25, 0.3) is 0 Å². The third kappa shape index (κ3) is 4.41. The lowest BCUT2D eigenvalue weighted by molar-refractivity contribution is -0.137. The summed E-state index contributed by atoms with van der Waals surface area (Å²) in [5.74, 6) is 0.542. The second-order valence-electron chi connectivity index (χ2n) is 8.62. The minimum absolute atomic E-state index is 0.0197. The summed E-state index contributed by atoms with van der Waals surface area (Å²) >= 11 is 6.06. The number of ether oxygens (including phenoxy) is 1. The Morgan fingerprint density at radius 1 is 1.12 bits per heavy atom. The molecule has 0 spiro atoms. The fourth-order valence-corrected chi connectivity index (χ4v) is 4.65. The number of amides is 1. The summed E-state index contributed by atoms with van der Waals surface area (Å²) in [5, 5.41) is 0.0197. The molecule has 1 amide bonds. The second-order valence-corrected chi connectivity index (χ2v) is 9.03. The van der Waals surface area contributed by atoms with Crippen LogP contribution in [0.2, 0.25) is 5.02 Å². The average molecular weight is 467 g/mol. The Labute approximate surface area is 188 Å². The van der Waals surface area contributed by atoms with Crippen LogP contribution in [0.15, 0.2) is 30.6 Å². The van der Waals surface area contributed by atoms with E-state index in [1.54, 1.807) is 17.3 Å². The topological polar surface area (TPSA) is 58.6 Å². The smallest absolute Gasteiger partial charge is 0.416 e. The van der Waals surface area contributed by atoms with E-state index in [-0.39, 0.29) is 22.7 Å². The van der Waals surface area contributed by atoms with Gasteiger partial charge in [0, 0.05) is 44.6 Å². The molecular weight excluding hydrogens is 445 g/mol. The van der Waals surface area contributed by atoms with Crippen molar-refractivity contribution in [2.45, 2.75) is 43.5 Å². The van der Waals surface area contributed by atoms with Gasteiger partial charge in [0.05, 0.1) is 34.2 Å². The molecule has 2 aliphatic heterocycles. The van der Waals surface area contributed by atoms with Gasteiger partial charge in [0.2, 0.25) is 5.88 Å². The Morgan fingerprint density at radius 3 is 2.62 bits per heavy atom. The van der Waals surface area contributed by atoms with Crippen LogP contribution in [0.1, 0.15) is 46.8 Å². The summed E-state index contributed by atoms with van der Waals surface area (Å²) in [6, 6.07) is 2.92. The minimum Gasteiger partial charge on any atom is -0.472 e. The average Bonchev–Trinajstić information content (AvgIpc) is 3.53. The van der Waals surface area contributed by atoms with Gasteiger partial charge < -0.3 is 9.64 Å². The lowest BCUT2D eigenvalue weighted by atomic mass is 10.1. The molecule has 5 rings (SSSR count). The van der Waals surface area contributed by atoms with E-state index in [1.165, 1.54) is 0 Å². The number of carbonyl (C=O) groups excluding carboxylic acids is 1. The molecule has 2 aromatic rings. The Morgan fingerprint density at radius 2 is 1.94 bits per heavy atom. The molecule has 3 fully saturated rings. The van der Waals surface area contributed by atoms with Crippen molar-refractivity contribution in [3.8, 4) is 5.88 Å². The number of fused-ring (bicyclic) bond motifs is 1. The van der Waals surface area contributed by atoms with Crippen molar-refractivity contribution < 1.29 is 22.7 Å². The summed E-state index contributed by atoms with van der Waals surface area (Å²) in [6.07, 6.45) is 1.85. The van der Waals surface area contributed by atoms with Crippen molar-refractivity contribution in [3.63, 3.8) is 0 Å². The van der Waals surface area contributed by atoms with Crippen molar-refractivity contribution in [2.75, 3.05) is 26.2 Å². The van der Waals surface area contributed by atoms with Gasteiger partial charge in [0.15, 0.2) is 0 Å². The summed E-state index contributed by atoms with van der Waals surface area (Å²) < 4.78 is 45.2. The van der Waals surface area contributed by atoms with Crippen LogP contribution in [0, 0.1) is 0 Å². The number of aromatic nitrogens is 2. The van der Waals surface area contributed by atoms with Crippen molar-refractivity contribution in [1.82, 2.24) is 19.8 Å². The highest BCUT2D eigenvalue weighted by molar-refractivity contribution is 6.33.